The molecule has 0 radical (unpaired) electrons. The standard InChI is InChI=1S/C10H14FNO2/c1-12-6-9(13)7-3-4-8(11)10(5-7)14-2/h3-5,9,12-13H,6H2,1-2H3. The van der Waals surface area contributed by atoms with Crippen molar-refractivity contribution in [3.05, 3.63) is 29.6 Å². The van der Waals surface area contributed by atoms with Gasteiger partial charge in [-0.15, -0.1) is 0 Å². The van der Waals surface area contributed by atoms with Crippen molar-refractivity contribution >= 4 is 0 Å². The number of benzene rings is 1. The summed E-state index contributed by atoms with van der Waals surface area (Å²) in [6, 6.07) is 4.32. The van der Waals surface area contributed by atoms with E-state index in [4.69, 9.17) is 4.74 Å². The third-order valence-corrected chi connectivity index (χ3v) is 1.96. The number of nitrogens with one attached hydrogen (secondary N) is 1. The lowest BCUT2D eigenvalue weighted by molar-refractivity contribution is 0.177. The zero-order chi connectivity index (χ0) is 10.6. The normalized spacial score (nSPS) is 12.6. The van der Waals surface area contributed by atoms with Crippen LogP contribution in [0.5, 0.6) is 5.75 Å². The maximum Gasteiger partial charge on any atom is 0.165 e. The van der Waals surface area contributed by atoms with E-state index in [0.717, 1.165) is 0 Å². The highest BCUT2D eigenvalue weighted by Gasteiger charge is 2.09. The zero-order valence-electron chi connectivity index (χ0n) is 8.25. The number of halogens is 1. The van der Waals surface area contributed by atoms with Crippen molar-refractivity contribution in [1.82, 2.24) is 5.32 Å². The Balaban J connectivity index is 2.88. The minimum Gasteiger partial charge on any atom is -0.494 e. The molecule has 0 bridgehead atoms. The predicted molar refractivity (Wildman–Crippen MR) is 51.8 cm³/mol. The van der Waals surface area contributed by atoms with Crippen molar-refractivity contribution in [2.24, 2.45) is 0 Å². The molecule has 0 fully saturated rings. The lowest BCUT2D eigenvalue weighted by Crippen LogP contribution is -2.16. The molecule has 3 nitrogen and oxygen atoms in total. The van der Waals surface area contributed by atoms with E-state index in [-0.39, 0.29) is 5.75 Å². The zero-order valence-corrected chi connectivity index (χ0v) is 8.25. The van der Waals surface area contributed by atoms with Crippen LogP contribution in [0.15, 0.2) is 18.2 Å². The van der Waals surface area contributed by atoms with Crippen LogP contribution < -0.4 is 10.1 Å². The summed E-state index contributed by atoms with van der Waals surface area (Å²) < 4.78 is 17.8. The number of rotatable bonds is 4. The molecule has 1 unspecified atom stereocenters. The second-order valence-corrected chi connectivity index (χ2v) is 2.97. The number of hydrogen-bond donors (Lipinski definition) is 2. The van der Waals surface area contributed by atoms with Crippen LogP contribution in [0.25, 0.3) is 0 Å². The maximum atomic E-state index is 13.0. The molecule has 0 aromatic heterocycles. The fraction of sp³-hybridized carbons (Fsp3) is 0.400. The Hall–Kier alpha value is -1.13. The molecular formula is C10H14FNO2. The number of methoxy groups -OCH3 is 1. The van der Waals surface area contributed by atoms with Crippen molar-refractivity contribution in [2.45, 2.75) is 6.10 Å². The summed E-state index contributed by atoms with van der Waals surface area (Å²) in [6.45, 7) is 0.425. The fourth-order valence-electron chi connectivity index (χ4n) is 1.19. The van der Waals surface area contributed by atoms with Gasteiger partial charge in [-0.2, -0.15) is 0 Å². The summed E-state index contributed by atoms with van der Waals surface area (Å²) in [4.78, 5) is 0. The first-order valence-corrected chi connectivity index (χ1v) is 4.35. The van der Waals surface area contributed by atoms with E-state index in [0.29, 0.717) is 12.1 Å². The van der Waals surface area contributed by atoms with Crippen molar-refractivity contribution < 1.29 is 14.2 Å². The van der Waals surface area contributed by atoms with Gasteiger partial charge in [0.2, 0.25) is 0 Å². The van der Waals surface area contributed by atoms with Gasteiger partial charge < -0.3 is 15.2 Å². The summed E-state index contributed by atoms with van der Waals surface area (Å²) >= 11 is 0. The molecule has 1 aromatic carbocycles. The molecule has 0 aliphatic carbocycles. The van der Waals surface area contributed by atoms with Crippen molar-refractivity contribution in [3.63, 3.8) is 0 Å². The second kappa shape index (κ2) is 4.93. The molecule has 0 aliphatic heterocycles. The van der Waals surface area contributed by atoms with Gasteiger partial charge in [-0.1, -0.05) is 6.07 Å². The molecule has 0 amide bonds. The van der Waals surface area contributed by atoms with E-state index < -0.39 is 11.9 Å². The Bertz CT molecular complexity index is 304. The lowest BCUT2D eigenvalue weighted by atomic mass is 10.1. The van der Waals surface area contributed by atoms with Gasteiger partial charge in [0.05, 0.1) is 13.2 Å². The number of aliphatic hydroxyl groups excluding tert-OH is 1. The molecule has 1 rings (SSSR count). The summed E-state index contributed by atoms with van der Waals surface area (Å²) in [5, 5.41) is 12.4. The third-order valence-electron chi connectivity index (χ3n) is 1.96. The minimum atomic E-state index is -0.644. The van der Waals surface area contributed by atoms with Crippen LogP contribution in [0.3, 0.4) is 0 Å². The number of hydrogen-bond acceptors (Lipinski definition) is 3. The van der Waals surface area contributed by atoms with Crippen molar-refractivity contribution in [2.75, 3.05) is 20.7 Å². The van der Waals surface area contributed by atoms with Crippen LogP contribution in [0.1, 0.15) is 11.7 Å². The van der Waals surface area contributed by atoms with Gasteiger partial charge in [-0.3, -0.25) is 0 Å². The van der Waals surface area contributed by atoms with Gasteiger partial charge in [0.15, 0.2) is 11.6 Å². The van der Waals surface area contributed by atoms with E-state index in [1.807, 2.05) is 0 Å². The van der Waals surface area contributed by atoms with E-state index in [1.165, 1.54) is 19.2 Å². The predicted octanol–water partition coefficient (Wildman–Crippen LogP) is 1.09. The van der Waals surface area contributed by atoms with Gasteiger partial charge in [-0.05, 0) is 24.7 Å². The number of likely N-dealkylation sites (N-methyl/N-ethyl adjacent to an activating group) is 1. The van der Waals surface area contributed by atoms with Crippen LogP contribution in [0, 0.1) is 5.82 Å². The highest BCUT2D eigenvalue weighted by atomic mass is 19.1. The molecular weight excluding hydrogens is 185 g/mol. The largest absolute Gasteiger partial charge is 0.494 e. The van der Waals surface area contributed by atoms with Crippen LogP contribution in [-0.4, -0.2) is 25.8 Å². The SMILES string of the molecule is CNCC(O)c1ccc(F)c(OC)c1. The first-order chi connectivity index (χ1) is 6.69. The second-order valence-electron chi connectivity index (χ2n) is 2.97. The van der Waals surface area contributed by atoms with Gasteiger partial charge in [-0.25, -0.2) is 4.39 Å². The molecule has 0 aliphatic rings. The molecule has 2 N–H and O–H groups in total. The first-order valence-electron chi connectivity index (χ1n) is 4.35. The van der Waals surface area contributed by atoms with Gasteiger partial charge in [0.1, 0.15) is 0 Å². The third kappa shape index (κ3) is 2.43. The van der Waals surface area contributed by atoms with Crippen LogP contribution in [0.2, 0.25) is 0 Å². The van der Waals surface area contributed by atoms with Crippen LogP contribution >= 0.6 is 0 Å². The summed E-state index contributed by atoms with van der Waals surface area (Å²) in [5.74, 6) is -0.273. The molecule has 0 heterocycles. The highest BCUT2D eigenvalue weighted by molar-refractivity contribution is 5.31. The van der Waals surface area contributed by atoms with Crippen LogP contribution in [-0.2, 0) is 0 Å². The quantitative estimate of drug-likeness (QED) is 0.762. The first kappa shape index (κ1) is 10.9. The minimum absolute atomic E-state index is 0.151. The van der Waals surface area contributed by atoms with Gasteiger partial charge in [0.25, 0.3) is 0 Å². The van der Waals surface area contributed by atoms with Gasteiger partial charge in [0, 0.05) is 6.54 Å². The van der Waals surface area contributed by atoms with E-state index >= 15 is 0 Å². The van der Waals surface area contributed by atoms with E-state index in [2.05, 4.69) is 5.32 Å². The van der Waals surface area contributed by atoms with E-state index in [9.17, 15) is 9.50 Å². The Morgan fingerprint density at radius 1 is 1.57 bits per heavy atom. The Labute approximate surface area is 82.5 Å². The maximum absolute atomic E-state index is 13.0. The average molecular weight is 199 g/mol. The summed E-state index contributed by atoms with van der Waals surface area (Å²) in [7, 11) is 3.14. The Morgan fingerprint density at radius 3 is 2.86 bits per heavy atom. The fourth-order valence-corrected chi connectivity index (χ4v) is 1.19. The topological polar surface area (TPSA) is 41.5 Å². The van der Waals surface area contributed by atoms with Gasteiger partial charge >= 0.3 is 0 Å². The molecule has 0 saturated heterocycles. The highest BCUT2D eigenvalue weighted by Crippen LogP contribution is 2.22. The summed E-state index contributed by atoms with van der Waals surface area (Å²) in [5.41, 5.74) is 0.637. The molecule has 78 valence electrons. The monoisotopic (exact) mass is 199 g/mol. The lowest BCUT2D eigenvalue weighted by Gasteiger charge is -2.11. The molecule has 0 spiro atoms. The molecule has 14 heavy (non-hydrogen) atoms. The molecule has 4 heteroatoms. The summed E-state index contributed by atoms with van der Waals surface area (Å²) in [6.07, 6.45) is -0.644. The van der Waals surface area contributed by atoms with Crippen molar-refractivity contribution in [1.29, 1.82) is 0 Å². The number of ether oxygens (including phenoxy) is 1. The van der Waals surface area contributed by atoms with Crippen LogP contribution in [0.4, 0.5) is 4.39 Å². The Kier molecular flexibility index (Phi) is 3.85. The van der Waals surface area contributed by atoms with E-state index in [1.54, 1.807) is 13.1 Å². The number of aliphatic hydroxyl groups is 1. The van der Waals surface area contributed by atoms with Crippen molar-refractivity contribution in [3.8, 4) is 5.75 Å². The Morgan fingerprint density at radius 2 is 2.29 bits per heavy atom. The molecule has 1 atom stereocenters. The smallest absolute Gasteiger partial charge is 0.165 e. The average Bonchev–Trinajstić information content (AvgIpc) is 2.19. The molecule has 1 aromatic rings. The molecule has 0 saturated carbocycles.